The van der Waals surface area contributed by atoms with Gasteiger partial charge in [0.15, 0.2) is 0 Å². The van der Waals surface area contributed by atoms with E-state index in [1.54, 1.807) is 12.1 Å². The van der Waals surface area contributed by atoms with E-state index in [-0.39, 0.29) is 5.91 Å². The summed E-state index contributed by atoms with van der Waals surface area (Å²) in [5.41, 5.74) is 6.45. The van der Waals surface area contributed by atoms with Gasteiger partial charge in [-0.15, -0.1) is 0 Å². The quantitative estimate of drug-likeness (QED) is 0.818. The zero-order valence-corrected chi connectivity index (χ0v) is 13.6. The van der Waals surface area contributed by atoms with Crippen LogP contribution in [0.4, 0.5) is 5.69 Å². The molecular formula is C16H20BrN3O. The zero-order chi connectivity index (χ0) is 15.3. The summed E-state index contributed by atoms with van der Waals surface area (Å²) in [4.78, 5) is 12.7. The Labute approximate surface area is 133 Å². The Morgan fingerprint density at radius 3 is 2.57 bits per heavy atom. The van der Waals surface area contributed by atoms with Crippen molar-refractivity contribution in [2.24, 2.45) is 11.1 Å². The smallest absolute Gasteiger partial charge is 0.231 e. The van der Waals surface area contributed by atoms with Gasteiger partial charge < -0.3 is 11.1 Å². The molecule has 5 heteroatoms. The number of hydrogen-bond donors (Lipinski definition) is 2. The number of nitrogens with one attached hydrogen (secondary N) is 1. The lowest BCUT2D eigenvalue weighted by Gasteiger charge is -2.30. The molecule has 3 N–H and O–H groups in total. The van der Waals surface area contributed by atoms with Crippen molar-refractivity contribution < 1.29 is 4.79 Å². The molecule has 4 nitrogen and oxygen atoms in total. The van der Waals surface area contributed by atoms with Crippen molar-refractivity contribution in [3.63, 3.8) is 0 Å². The van der Waals surface area contributed by atoms with E-state index in [1.807, 2.05) is 6.07 Å². The molecule has 2 rings (SSSR count). The first-order valence-electron chi connectivity index (χ1n) is 7.32. The summed E-state index contributed by atoms with van der Waals surface area (Å²) in [7, 11) is 0. The molecule has 1 aliphatic carbocycles. The lowest BCUT2D eigenvalue weighted by molar-refractivity contribution is -0.125. The van der Waals surface area contributed by atoms with Gasteiger partial charge in [0.2, 0.25) is 5.91 Å². The molecule has 0 bridgehead atoms. The van der Waals surface area contributed by atoms with E-state index in [9.17, 15) is 10.1 Å². The summed E-state index contributed by atoms with van der Waals surface area (Å²) in [5, 5.41) is 12.1. The van der Waals surface area contributed by atoms with Gasteiger partial charge in [-0.25, -0.2) is 0 Å². The fraction of sp³-hybridized carbons (Fsp3) is 0.500. The summed E-state index contributed by atoms with van der Waals surface area (Å²) in [6.45, 7) is 0.358. The number of anilines is 1. The standard InChI is InChI=1S/C16H20BrN3O/c17-13-5-6-14(12(9-13)10-18)20-15(21)16(11-19)7-3-1-2-4-8-16/h5-6,9H,1-4,7-8,11,19H2,(H,20,21). The summed E-state index contributed by atoms with van der Waals surface area (Å²) >= 11 is 3.33. The van der Waals surface area contributed by atoms with Crippen molar-refractivity contribution in [1.82, 2.24) is 0 Å². The first-order valence-corrected chi connectivity index (χ1v) is 8.12. The molecule has 112 valence electrons. The summed E-state index contributed by atoms with van der Waals surface area (Å²) in [6, 6.07) is 7.39. The fourth-order valence-corrected chi connectivity index (χ4v) is 3.26. The lowest BCUT2D eigenvalue weighted by Crippen LogP contribution is -2.42. The van der Waals surface area contributed by atoms with Crippen LogP contribution in [0.5, 0.6) is 0 Å². The van der Waals surface area contributed by atoms with Crippen LogP contribution in [-0.2, 0) is 4.79 Å². The Kier molecular flexibility index (Phi) is 5.38. The maximum Gasteiger partial charge on any atom is 0.231 e. The van der Waals surface area contributed by atoms with Crippen LogP contribution in [0.3, 0.4) is 0 Å². The lowest BCUT2D eigenvalue weighted by atomic mass is 9.79. The Morgan fingerprint density at radius 1 is 1.33 bits per heavy atom. The second-order valence-corrected chi connectivity index (χ2v) is 6.57. The average molecular weight is 350 g/mol. The molecule has 1 fully saturated rings. The van der Waals surface area contributed by atoms with Crippen molar-refractivity contribution in [3.05, 3.63) is 28.2 Å². The van der Waals surface area contributed by atoms with Gasteiger partial charge in [-0.1, -0.05) is 41.6 Å². The molecule has 1 aromatic rings. The molecule has 0 aromatic heterocycles. The van der Waals surface area contributed by atoms with Crippen LogP contribution in [0.25, 0.3) is 0 Å². The number of benzene rings is 1. The van der Waals surface area contributed by atoms with Gasteiger partial charge in [0, 0.05) is 11.0 Å². The summed E-state index contributed by atoms with van der Waals surface area (Å²) < 4.78 is 0.819. The maximum absolute atomic E-state index is 12.7. The number of nitrogens with zero attached hydrogens (tertiary/aromatic N) is 1. The van der Waals surface area contributed by atoms with Gasteiger partial charge in [0.25, 0.3) is 0 Å². The van der Waals surface area contributed by atoms with Crippen LogP contribution < -0.4 is 11.1 Å². The third kappa shape index (κ3) is 3.63. The molecule has 0 saturated heterocycles. The molecule has 0 radical (unpaired) electrons. The molecule has 0 spiro atoms. The highest BCUT2D eigenvalue weighted by Gasteiger charge is 2.37. The van der Waals surface area contributed by atoms with E-state index in [4.69, 9.17) is 5.73 Å². The van der Waals surface area contributed by atoms with E-state index in [2.05, 4.69) is 27.3 Å². The number of halogens is 1. The number of hydrogen-bond acceptors (Lipinski definition) is 3. The van der Waals surface area contributed by atoms with Gasteiger partial charge in [-0.2, -0.15) is 5.26 Å². The Hall–Kier alpha value is -1.38. The summed E-state index contributed by atoms with van der Waals surface area (Å²) in [6.07, 6.45) is 6.06. The minimum absolute atomic E-state index is 0.0503. The highest BCUT2D eigenvalue weighted by Crippen LogP contribution is 2.35. The first kappa shape index (κ1) is 16.0. The van der Waals surface area contributed by atoms with Crippen molar-refractivity contribution in [1.29, 1.82) is 5.26 Å². The third-order valence-corrected chi connectivity index (χ3v) is 4.78. The zero-order valence-electron chi connectivity index (χ0n) is 12.0. The van der Waals surface area contributed by atoms with Crippen LogP contribution in [0, 0.1) is 16.7 Å². The number of carbonyl (C=O) groups excluding carboxylic acids is 1. The molecule has 1 aromatic carbocycles. The monoisotopic (exact) mass is 349 g/mol. The minimum atomic E-state index is -0.490. The fourth-order valence-electron chi connectivity index (χ4n) is 2.90. The molecule has 1 amide bonds. The molecule has 0 aliphatic heterocycles. The first-order chi connectivity index (χ1) is 10.1. The minimum Gasteiger partial charge on any atom is -0.329 e. The molecule has 1 aliphatic rings. The summed E-state index contributed by atoms with van der Waals surface area (Å²) in [5.74, 6) is -0.0503. The Balaban J connectivity index is 2.21. The van der Waals surface area contributed by atoms with Crippen LogP contribution in [-0.4, -0.2) is 12.5 Å². The number of nitrogens with two attached hydrogens (primary N) is 1. The number of rotatable bonds is 3. The van der Waals surface area contributed by atoms with Crippen LogP contribution in [0.1, 0.15) is 44.1 Å². The van der Waals surface area contributed by atoms with Gasteiger partial charge in [-0.3, -0.25) is 4.79 Å². The Bertz CT molecular complexity index is 557. The average Bonchev–Trinajstić information content (AvgIpc) is 2.75. The number of amides is 1. The highest BCUT2D eigenvalue weighted by molar-refractivity contribution is 9.10. The number of carbonyl (C=O) groups is 1. The normalized spacial score (nSPS) is 17.6. The van der Waals surface area contributed by atoms with E-state index < -0.39 is 5.41 Å². The highest BCUT2D eigenvalue weighted by atomic mass is 79.9. The van der Waals surface area contributed by atoms with E-state index >= 15 is 0 Å². The van der Waals surface area contributed by atoms with Crippen molar-refractivity contribution in [2.75, 3.05) is 11.9 Å². The van der Waals surface area contributed by atoms with Gasteiger partial charge >= 0.3 is 0 Å². The number of nitriles is 1. The van der Waals surface area contributed by atoms with E-state index in [0.29, 0.717) is 17.8 Å². The molecule has 0 heterocycles. The maximum atomic E-state index is 12.7. The van der Waals surface area contributed by atoms with Crippen LogP contribution in [0.15, 0.2) is 22.7 Å². The second-order valence-electron chi connectivity index (χ2n) is 5.65. The third-order valence-electron chi connectivity index (χ3n) is 4.28. The molecule has 1 saturated carbocycles. The molecule has 0 atom stereocenters. The van der Waals surface area contributed by atoms with Gasteiger partial charge in [0.05, 0.1) is 16.7 Å². The second kappa shape index (κ2) is 7.06. The van der Waals surface area contributed by atoms with Gasteiger partial charge in [0.1, 0.15) is 6.07 Å². The molecule has 21 heavy (non-hydrogen) atoms. The van der Waals surface area contributed by atoms with Crippen LogP contribution >= 0.6 is 15.9 Å². The van der Waals surface area contributed by atoms with Gasteiger partial charge in [-0.05, 0) is 31.0 Å². The van der Waals surface area contributed by atoms with Crippen molar-refractivity contribution in [3.8, 4) is 6.07 Å². The topological polar surface area (TPSA) is 78.9 Å². The molecule has 0 unspecified atom stereocenters. The largest absolute Gasteiger partial charge is 0.329 e. The molecular weight excluding hydrogens is 330 g/mol. The van der Waals surface area contributed by atoms with E-state index in [1.165, 1.54) is 0 Å². The Morgan fingerprint density at radius 2 is 2.00 bits per heavy atom. The SMILES string of the molecule is N#Cc1cc(Br)ccc1NC(=O)C1(CN)CCCCCC1. The van der Waals surface area contributed by atoms with Crippen LogP contribution in [0.2, 0.25) is 0 Å². The van der Waals surface area contributed by atoms with Crippen molar-refractivity contribution >= 4 is 27.5 Å². The van der Waals surface area contributed by atoms with E-state index in [0.717, 1.165) is 43.0 Å². The van der Waals surface area contributed by atoms with Crippen molar-refractivity contribution in [2.45, 2.75) is 38.5 Å². The predicted molar refractivity (Wildman–Crippen MR) is 86.7 cm³/mol. The predicted octanol–water partition coefficient (Wildman–Crippen LogP) is 3.56.